The molecule has 4 N–H and O–H groups in total. The van der Waals surface area contributed by atoms with Gasteiger partial charge in [0.05, 0.1) is 10.7 Å². The van der Waals surface area contributed by atoms with Crippen LogP contribution in [0, 0.1) is 17.8 Å². The zero-order valence-electron chi connectivity index (χ0n) is 14.7. The van der Waals surface area contributed by atoms with Crippen LogP contribution in [0.4, 0.5) is 23.0 Å². The molecule has 0 amide bonds. The second-order valence-electron chi connectivity index (χ2n) is 8.41. The van der Waals surface area contributed by atoms with Gasteiger partial charge in [-0.2, -0.15) is 0 Å². The van der Waals surface area contributed by atoms with Crippen molar-refractivity contribution in [3.05, 3.63) is 35.6 Å². The van der Waals surface area contributed by atoms with Gasteiger partial charge < -0.3 is 16.4 Å². The number of rotatable bonds is 4. The maximum absolute atomic E-state index is 6.42. The Morgan fingerprint density at radius 2 is 1.58 bits per heavy atom. The summed E-state index contributed by atoms with van der Waals surface area (Å²) in [6.45, 7) is 0. The van der Waals surface area contributed by atoms with E-state index in [1.807, 2.05) is 24.3 Å². The molecule has 136 valence electrons. The van der Waals surface area contributed by atoms with Crippen LogP contribution in [0.2, 0.25) is 5.02 Å². The van der Waals surface area contributed by atoms with Gasteiger partial charge in [-0.15, -0.1) is 0 Å². The highest BCUT2D eigenvalue weighted by Gasteiger charge is 2.51. The predicted octanol–water partition coefficient (Wildman–Crippen LogP) is 4.84. The maximum atomic E-state index is 6.42. The Morgan fingerprint density at radius 3 is 2.23 bits per heavy atom. The number of nitrogens with zero attached hydrogens (tertiary/aromatic N) is 2. The summed E-state index contributed by atoms with van der Waals surface area (Å²) < 4.78 is 0. The first-order valence-electron chi connectivity index (χ1n) is 9.50. The van der Waals surface area contributed by atoms with Crippen LogP contribution in [-0.4, -0.2) is 15.5 Å². The van der Waals surface area contributed by atoms with Crippen LogP contribution in [0.3, 0.4) is 0 Å². The lowest BCUT2D eigenvalue weighted by Crippen LogP contribution is -2.55. The summed E-state index contributed by atoms with van der Waals surface area (Å²) in [5.74, 6) is 3.96. The topological polar surface area (TPSA) is 75.9 Å². The van der Waals surface area contributed by atoms with Crippen molar-refractivity contribution in [3.8, 4) is 0 Å². The lowest BCUT2D eigenvalue weighted by atomic mass is 9.53. The number of nitrogens with two attached hydrogens (primary N) is 1. The van der Waals surface area contributed by atoms with Gasteiger partial charge in [-0.05, 0) is 68.4 Å². The number of benzene rings is 1. The van der Waals surface area contributed by atoms with Gasteiger partial charge in [-0.3, -0.25) is 0 Å². The number of nitrogen functional groups attached to an aromatic ring is 1. The van der Waals surface area contributed by atoms with Crippen LogP contribution < -0.4 is 16.4 Å². The van der Waals surface area contributed by atoms with Crippen LogP contribution in [0.25, 0.3) is 0 Å². The van der Waals surface area contributed by atoms with Gasteiger partial charge in [0.1, 0.15) is 12.0 Å². The number of hydrogen-bond donors (Lipinski definition) is 3. The number of hydrogen-bond acceptors (Lipinski definition) is 5. The third-order valence-corrected chi connectivity index (χ3v) is 6.76. The summed E-state index contributed by atoms with van der Waals surface area (Å²) in [7, 11) is 0. The van der Waals surface area contributed by atoms with E-state index in [0.717, 1.165) is 29.3 Å². The minimum absolute atomic E-state index is 0.166. The van der Waals surface area contributed by atoms with E-state index in [1.54, 1.807) is 6.33 Å². The largest absolute Gasteiger partial charge is 0.393 e. The van der Waals surface area contributed by atoms with Crippen LogP contribution in [-0.2, 0) is 0 Å². The molecule has 2 aromatic rings. The molecule has 0 radical (unpaired) electrons. The molecular weight excluding hydrogens is 346 g/mol. The number of para-hydroxylation sites is 1. The number of aromatic nitrogens is 2. The fourth-order valence-electron chi connectivity index (χ4n) is 5.80. The van der Waals surface area contributed by atoms with Gasteiger partial charge in [-0.25, -0.2) is 9.97 Å². The minimum atomic E-state index is 0.166. The van der Waals surface area contributed by atoms with Crippen molar-refractivity contribution in [3.63, 3.8) is 0 Å². The SMILES string of the molecule is Nc1c(Nc2ccccc2Cl)ncnc1NC12CC3CC(CC(C3)C1)C2. The Labute approximate surface area is 158 Å². The molecule has 4 aliphatic rings. The zero-order chi connectivity index (χ0) is 17.7. The molecule has 4 fully saturated rings. The fraction of sp³-hybridized carbons (Fsp3) is 0.500. The van der Waals surface area contributed by atoms with Crippen molar-refractivity contribution >= 4 is 34.6 Å². The van der Waals surface area contributed by atoms with Crippen LogP contribution in [0.1, 0.15) is 38.5 Å². The van der Waals surface area contributed by atoms with Crippen molar-refractivity contribution < 1.29 is 0 Å². The van der Waals surface area contributed by atoms with Crippen LogP contribution >= 0.6 is 11.6 Å². The summed E-state index contributed by atoms with van der Waals surface area (Å²) in [5.41, 5.74) is 7.93. The second kappa shape index (κ2) is 6.02. The van der Waals surface area contributed by atoms with E-state index in [9.17, 15) is 0 Å². The molecule has 5 nitrogen and oxygen atoms in total. The molecule has 0 unspecified atom stereocenters. The second-order valence-corrected chi connectivity index (χ2v) is 8.82. The lowest BCUT2D eigenvalue weighted by Gasteiger charge is -2.57. The molecule has 1 aromatic heterocycles. The Morgan fingerprint density at radius 1 is 0.962 bits per heavy atom. The predicted molar refractivity (Wildman–Crippen MR) is 106 cm³/mol. The van der Waals surface area contributed by atoms with E-state index in [1.165, 1.54) is 38.5 Å². The third-order valence-electron chi connectivity index (χ3n) is 6.43. The molecular formula is C20H24ClN5. The van der Waals surface area contributed by atoms with Crippen LogP contribution in [0.15, 0.2) is 30.6 Å². The third kappa shape index (κ3) is 2.78. The van der Waals surface area contributed by atoms with Crippen LogP contribution in [0.5, 0.6) is 0 Å². The first kappa shape index (κ1) is 16.2. The van der Waals surface area contributed by atoms with Gasteiger partial charge >= 0.3 is 0 Å². The summed E-state index contributed by atoms with van der Waals surface area (Å²) in [6.07, 6.45) is 9.55. The highest BCUT2D eigenvalue weighted by molar-refractivity contribution is 6.33. The summed E-state index contributed by atoms with van der Waals surface area (Å²) in [4.78, 5) is 8.78. The molecule has 0 spiro atoms. The highest BCUT2D eigenvalue weighted by Crippen LogP contribution is 2.56. The fourth-order valence-corrected chi connectivity index (χ4v) is 5.98. The number of anilines is 4. The maximum Gasteiger partial charge on any atom is 0.159 e. The summed E-state index contributed by atoms with van der Waals surface area (Å²) in [5, 5.41) is 7.63. The molecule has 26 heavy (non-hydrogen) atoms. The van der Waals surface area contributed by atoms with E-state index in [-0.39, 0.29) is 5.54 Å². The van der Waals surface area contributed by atoms with Gasteiger partial charge in [0.2, 0.25) is 0 Å². The Kier molecular flexibility index (Phi) is 3.74. The van der Waals surface area contributed by atoms with E-state index < -0.39 is 0 Å². The van der Waals surface area contributed by atoms with Gasteiger partial charge in [-0.1, -0.05) is 23.7 Å². The summed E-state index contributed by atoms with van der Waals surface area (Å²) in [6, 6.07) is 7.59. The van der Waals surface area contributed by atoms with Gasteiger partial charge in [0.25, 0.3) is 0 Å². The lowest BCUT2D eigenvalue weighted by molar-refractivity contribution is 0.0106. The van der Waals surface area contributed by atoms with E-state index in [0.29, 0.717) is 16.5 Å². The number of nitrogens with one attached hydrogen (secondary N) is 2. The van der Waals surface area contributed by atoms with Gasteiger partial charge in [0.15, 0.2) is 11.6 Å². The molecule has 6 heteroatoms. The van der Waals surface area contributed by atoms with Crippen molar-refractivity contribution in [1.82, 2.24) is 9.97 Å². The minimum Gasteiger partial charge on any atom is -0.393 e. The van der Waals surface area contributed by atoms with Crippen molar-refractivity contribution in [1.29, 1.82) is 0 Å². The van der Waals surface area contributed by atoms with E-state index in [2.05, 4.69) is 20.6 Å². The Bertz CT molecular complexity index is 801. The molecule has 4 bridgehead atoms. The number of halogens is 1. The monoisotopic (exact) mass is 369 g/mol. The molecule has 1 heterocycles. The molecule has 6 rings (SSSR count). The van der Waals surface area contributed by atoms with Crippen molar-refractivity contribution in [2.75, 3.05) is 16.4 Å². The molecule has 1 aromatic carbocycles. The molecule has 4 aliphatic carbocycles. The smallest absolute Gasteiger partial charge is 0.159 e. The van der Waals surface area contributed by atoms with Crippen molar-refractivity contribution in [2.45, 2.75) is 44.1 Å². The first-order valence-corrected chi connectivity index (χ1v) is 9.88. The summed E-state index contributed by atoms with van der Waals surface area (Å²) >= 11 is 6.25. The molecule has 0 saturated heterocycles. The van der Waals surface area contributed by atoms with E-state index >= 15 is 0 Å². The quantitative estimate of drug-likeness (QED) is 0.719. The molecule has 0 atom stereocenters. The zero-order valence-corrected chi connectivity index (χ0v) is 15.5. The normalized spacial score (nSPS) is 31.8. The van der Waals surface area contributed by atoms with Gasteiger partial charge in [0, 0.05) is 5.54 Å². The molecule has 0 aliphatic heterocycles. The molecule has 4 saturated carbocycles. The Balaban J connectivity index is 1.41. The first-order chi connectivity index (χ1) is 12.6. The average Bonchev–Trinajstić information content (AvgIpc) is 2.59. The Hall–Kier alpha value is -2.01. The highest BCUT2D eigenvalue weighted by atomic mass is 35.5. The standard InChI is InChI=1S/C20H24ClN5/c21-15-3-1-2-4-16(15)25-18-17(22)19(24-11-23-18)26-20-8-12-5-13(9-20)7-14(6-12)10-20/h1-4,11-14H,5-10,22H2,(H2,23,24,25,26). The van der Waals surface area contributed by atoms with Crippen molar-refractivity contribution in [2.24, 2.45) is 17.8 Å². The average molecular weight is 370 g/mol. The van der Waals surface area contributed by atoms with E-state index in [4.69, 9.17) is 17.3 Å².